The highest BCUT2D eigenvalue weighted by atomic mass is 19.1. The molecular weight excluding hydrogens is 247 g/mol. The molecule has 0 spiro atoms. The third-order valence-electron chi connectivity index (χ3n) is 3.43. The van der Waals surface area contributed by atoms with Gasteiger partial charge in [0.15, 0.2) is 0 Å². The van der Waals surface area contributed by atoms with Crippen LogP contribution in [0.4, 0.5) is 4.39 Å². The summed E-state index contributed by atoms with van der Waals surface area (Å²) < 4.78 is 12.9. The molecule has 1 aliphatic rings. The van der Waals surface area contributed by atoms with Crippen molar-refractivity contribution < 1.29 is 14.0 Å². The lowest BCUT2D eigenvalue weighted by atomic mass is 10.1. The molecule has 1 saturated heterocycles. The van der Waals surface area contributed by atoms with E-state index in [1.807, 2.05) is 6.92 Å². The number of hydrogen-bond acceptors (Lipinski definition) is 2. The molecule has 102 valence electrons. The number of hydrogen-bond donors (Lipinski definition) is 1. The van der Waals surface area contributed by atoms with Gasteiger partial charge in [0.25, 0.3) is 0 Å². The Hall–Kier alpha value is -1.91. The van der Waals surface area contributed by atoms with Crippen LogP contribution in [0.2, 0.25) is 0 Å². The Morgan fingerprint density at radius 3 is 2.58 bits per heavy atom. The van der Waals surface area contributed by atoms with Crippen molar-refractivity contribution in [3.8, 4) is 0 Å². The quantitative estimate of drug-likeness (QED) is 0.882. The van der Waals surface area contributed by atoms with E-state index in [0.29, 0.717) is 13.0 Å². The van der Waals surface area contributed by atoms with Crippen molar-refractivity contribution in [2.24, 2.45) is 0 Å². The SMILES string of the molecule is CC1NC(=O)CCN(C(C)c2ccc(F)cc2)C1=O. The van der Waals surface area contributed by atoms with Crippen molar-refractivity contribution in [1.82, 2.24) is 10.2 Å². The normalized spacial score (nSPS) is 21.8. The van der Waals surface area contributed by atoms with E-state index in [-0.39, 0.29) is 23.7 Å². The minimum Gasteiger partial charge on any atom is -0.345 e. The standard InChI is InChI=1S/C14H17FN2O2/c1-9-14(19)17(8-7-13(18)16-9)10(2)11-3-5-12(15)6-4-11/h3-6,9-10H,7-8H2,1-2H3,(H,16,18). The highest BCUT2D eigenvalue weighted by Crippen LogP contribution is 2.22. The molecule has 5 heteroatoms. The smallest absolute Gasteiger partial charge is 0.245 e. The first kappa shape index (κ1) is 13.5. The molecule has 1 aromatic carbocycles. The topological polar surface area (TPSA) is 49.4 Å². The van der Waals surface area contributed by atoms with Crippen LogP contribution in [0.15, 0.2) is 24.3 Å². The van der Waals surface area contributed by atoms with E-state index in [2.05, 4.69) is 5.32 Å². The predicted octanol–water partition coefficient (Wildman–Crippen LogP) is 1.62. The third kappa shape index (κ3) is 2.92. The Bertz CT molecular complexity index is 487. The van der Waals surface area contributed by atoms with Crippen molar-refractivity contribution in [3.05, 3.63) is 35.6 Å². The van der Waals surface area contributed by atoms with Crippen LogP contribution in [0, 0.1) is 5.82 Å². The highest BCUT2D eigenvalue weighted by Gasteiger charge is 2.30. The molecule has 1 fully saturated rings. The Balaban J connectivity index is 2.21. The van der Waals surface area contributed by atoms with Crippen LogP contribution in [0.25, 0.3) is 0 Å². The Morgan fingerprint density at radius 2 is 1.95 bits per heavy atom. The highest BCUT2D eigenvalue weighted by molar-refractivity contribution is 5.89. The molecule has 19 heavy (non-hydrogen) atoms. The fourth-order valence-electron chi connectivity index (χ4n) is 2.26. The van der Waals surface area contributed by atoms with Crippen molar-refractivity contribution in [2.45, 2.75) is 32.4 Å². The number of carbonyl (C=O) groups excluding carboxylic acids is 2. The van der Waals surface area contributed by atoms with Gasteiger partial charge in [0.05, 0.1) is 6.04 Å². The van der Waals surface area contributed by atoms with Gasteiger partial charge in [0.1, 0.15) is 11.9 Å². The summed E-state index contributed by atoms with van der Waals surface area (Å²) in [6.07, 6.45) is 0.293. The van der Waals surface area contributed by atoms with Crippen LogP contribution < -0.4 is 5.32 Å². The van der Waals surface area contributed by atoms with Gasteiger partial charge < -0.3 is 10.2 Å². The van der Waals surface area contributed by atoms with Crippen LogP contribution in [0.1, 0.15) is 31.9 Å². The second-order valence-corrected chi connectivity index (χ2v) is 4.80. The van der Waals surface area contributed by atoms with Gasteiger partial charge in [0, 0.05) is 13.0 Å². The van der Waals surface area contributed by atoms with Gasteiger partial charge in [0.2, 0.25) is 11.8 Å². The minimum atomic E-state index is -0.516. The lowest BCUT2D eigenvalue weighted by molar-refractivity contribution is -0.134. The first-order chi connectivity index (χ1) is 8.99. The fraction of sp³-hybridized carbons (Fsp3) is 0.429. The summed E-state index contributed by atoms with van der Waals surface area (Å²) in [5, 5.41) is 2.65. The molecule has 4 nitrogen and oxygen atoms in total. The molecule has 2 amide bonds. The van der Waals surface area contributed by atoms with Crippen molar-refractivity contribution in [3.63, 3.8) is 0 Å². The van der Waals surface area contributed by atoms with Gasteiger partial charge in [-0.3, -0.25) is 9.59 Å². The minimum absolute atomic E-state index is 0.109. The maximum Gasteiger partial charge on any atom is 0.245 e. The summed E-state index contributed by atoms with van der Waals surface area (Å²) >= 11 is 0. The molecule has 2 rings (SSSR count). The molecule has 1 N–H and O–H groups in total. The number of nitrogens with one attached hydrogen (secondary N) is 1. The number of carbonyl (C=O) groups is 2. The van der Waals surface area contributed by atoms with Crippen molar-refractivity contribution in [1.29, 1.82) is 0 Å². The molecule has 0 radical (unpaired) electrons. The third-order valence-corrected chi connectivity index (χ3v) is 3.43. The molecule has 0 saturated carbocycles. The average Bonchev–Trinajstić information content (AvgIpc) is 2.50. The molecule has 0 bridgehead atoms. The van der Waals surface area contributed by atoms with E-state index in [4.69, 9.17) is 0 Å². The zero-order chi connectivity index (χ0) is 14.0. The molecule has 2 unspecified atom stereocenters. The molecule has 2 atom stereocenters. The second kappa shape index (κ2) is 5.38. The number of nitrogens with zero attached hydrogens (tertiary/aromatic N) is 1. The zero-order valence-electron chi connectivity index (χ0n) is 11.0. The van der Waals surface area contributed by atoms with E-state index in [1.165, 1.54) is 12.1 Å². The van der Waals surface area contributed by atoms with Crippen LogP contribution >= 0.6 is 0 Å². The molecular formula is C14H17FN2O2. The van der Waals surface area contributed by atoms with Crippen LogP contribution in [-0.2, 0) is 9.59 Å². The van der Waals surface area contributed by atoms with E-state index < -0.39 is 6.04 Å². The van der Waals surface area contributed by atoms with Gasteiger partial charge in [-0.15, -0.1) is 0 Å². The van der Waals surface area contributed by atoms with Crippen LogP contribution in [-0.4, -0.2) is 29.3 Å². The Kier molecular flexibility index (Phi) is 3.83. The maximum atomic E-state index is 12.9. The van der Waals surface area contributed by atoms with E-state index in [0.717, 1.165) is 5.56 Å². The number of halogens is 1. The van der Waals surface area contributed by atoms with Crippen molar-refractivity contribution >= 4 is 11.8 Å². The van der Waals surface area contributed by atoms with E-state index >= 15 is 0 Å². The zero-order valence-corrected chi connectivity index (χ0v) is 11.0. The van der Waals surface area contributed by atoms with Gasteiger partial charge in [-0.1, -0.05) is 12.1 Å². The Labute approximate surface area is 111 Å². The second-order valence-electron chi connectivity index (χ2n) is 4.80. The number of benzene rings is 1. The van der Waals surface area contributed by atoms with E-state index in [1.54, 1.807) is 24.0 Å². The summed E-state index contributed by atoms with van der Waals surface area (Å²) in [4.78, 5) is 25.3. The predicted molar refractivity (Wildman–Crippen MR) is 68.7 cm³/mol. The average molecular weight is 264 g/mol. The summed E-state index contributed by atoms with van der Waals surface area (Å²) in [5.41, 5.74) is 0.858. The van der Waals surface area contributed by atoms with Gasteiger partial charge in [-0.05, 0) is 31.5 Å². The number of amides is 2. The first-order valence-corrected chi connectivity index (χ1v) is 6.34. The maximum absolute atomic E-state index is 12.9. The lowest BCUT2D eigenvalue weighted by Gasteiger charge is -2.29. The largest absolute Gasteiger partial charge is 0.345 e. The Morgan fingerprint density at radius 1 is 1.32 bits per heavy atom. The molecule has 1 aromatic rings. The van der Waals surface area contributed by atoms with Crippen LogP contribution in [0.3, 0.4) is 0 Å². The van der Waals surface area contributed by atoms with Crippen LogP contribution in [0.5, 0.6) is 0 Å². The molecule has 0 aromatic heterocycles. The fourth-order valence-corrected chi connectivity index (χ4v) is 2.26. The lowest BCUT2D eigenvalue weighted by Crippen LogP contribution is -2.43. The summed E-state index contributed by atoms with van der Waals surface area (Å²) in [5.74, 6) is -0.527. The monoisotopic (exact) mass is 264 g/mol. The molecule has 0 aliphatic carbocycles. The first-order valence-electron chi connectivity index (χ1n) is 6.34. The summed E-state index contributed by atoms with van der Waals surface area (Å²) in [7, 11) is 0. The van der Waals surface area contributed by atoms with Gasteiger partial charge >= 0.3 is 0 Å². The summed E-state index contributed by atoms with van der Waals surface area (Å²) in [6, 6.07) is 5.39. The van der Waals surface area contributed by atoms with Crippen molar-refractivity contribution in [2.75, 3.05) is 6.54 Å². The molecule has 1 heterocycles. The van der Waals surface area contributed by atoms with Gasteiger partial charge in [-0.2, -0.15) is 0 Å². The molecule has 1 aliphatic heterocycles. The summed E-state index contributed by atoms with van der Waals surface area (Å²) in [6.45, 7) is 3.94. The number of rotatable bonds is 2. The van der Waals surface area contributed by atoms with E-state index in [9.17, 15) is 14.0 Å². The van der Waals surface area contributed by atoms with Gasteiger partial charge in [-0.25, -0.2) is 4.39 Å².